The van der Waals surface area contributed by atoms with Gasteiger partial charge in [0.25, 0.3) is 5.91 Å². The second kappa shape index (κ2) is 6.79. The van der Waals surface area contributed by atoms with Gasteiger partial charge in [0.1, 0.15) is 5.75 Å². The highest BCUT2D eigenvalue weighted by atomic mass is 16.5. The minimum Gasteiger partial charge on any atom is -0.496 e. The maximum absolute atomic E-state index is 12.4. The molecule has 24 heavy (non-hydrogen) atoms. The molecule has 0 spiro atoms. The van der Waals surface area contributed by atoms with Gasteiger partial charge in [-0.3, -0.25) is 4.79 Å². The largest absolute Gasteiger partial charge is 0.496 e. The minimum atomic E-state index is -0.106. The molecule has 0 fully saturated rings. The lowest BCUT2D eigenvalue weighted by molar-refractivity contribution is 0.0951. The molecule has 0 saturated carbocycles. The highest BCUT2D eigenvalue weighted by molar-refractivity contribution is 5.97. The van der Waals surface area contributed by atoms with Crippen LogP contribution in [-0.2, 0) is 13.5 Å². The van der Waals surface area contributed by atoms with Crippen molar-refractivity contribution in [2.45, 2.75) is 13.3 Å². The van der Waals surface area contributed by atoms with Gasteiger partial charge in [-0.2, -0.15) is 0 Å². The van der Waals surface area contributed by atoms with Crippen molar-refractivity contribution in [1.29, 1.82) is 0 Å². The number of aromatic nitrogens is 1. The molecule has 1 N–H and O–H groups in total. The van der Waals surface area contributed by atoms with E-state index in [0.717, 1.165) is 6.42 Å². The first-order chi connectivity index (χ1) is 11.6. The maximum atomic E-state index is 12.4. The second-order valence-corrected chi connectivity index (χ2v) is 5.85. The van der Waals surface area contributed by atoms with Crippen molar-refractivity contribution in [2.24, 2.45) is 7.05 Å². The van der Waals surface area contributed by atoms with Crippen LogP contribution in [0.2, 0.25) is 0 Å². The van der Waals surface area contributed by atoms with Crippen LogP contribution in [-0.4, -0.2) is 24.1 Å². The SMILES string of the molecule is COc1ccccc1C(=O)NCCc1c(C)n(C)c2ccccc12. The molecule has 124 valence electrons. The fraction of sp³-hybridized carbons (Fsp3) is 0.250. The lowest BCUT2D eigenvalue weighted by Gasteiger charge is -2.09. The zero-order valence-electron chi connectivity index (χ0n) is 14.3. The summed E-state index contributed by atoms with van der Waals surface area (Å²) in [6, 6.07) is 15.6. The summed E-state index contributed by atoms with van der Waals surface area (Å²) in [4.78, 5) is 12.4. The van der Waals surface area contributed by atoms with Crippen LogP contribution < -0.4 is 10.1 Å². The zero-order valence-corrected chi connectivity index (χ0v) is 14.3. The number of nitrogens with one attached hydrogen (secondary N) is 1. The average Bonchev–Trinajstić information content (AvgIpc) is 2.86. The van der Waals surface area contributed by atoms with Crippen LogP contribution in [0.25, 0.3) is 10.9 Å². The van der Waals surface area contributed by atoms with Gasteiger partial charge < -0.3 is 14.6 Å². The molecule has 4 heteroatoms. The molecule has 1 aromatic heterocycles. The molecule has 4 nitrogen and oxygen atoms in total. The molecule has 0 aliphatic carbocycles. The standard InChI is InChI=1S/C20H22N2O2/c1-14-15(16-8-4-6-10-18(16)22(14)2)12-13-21-20(23)17-9-5-7-11-19(17)24-3/h4-11H,12-13H2,1-3H3,(H,21,23). The zero-order chi connectivity index (χ0) is 17.1. The molecule has 2 aromatic carbocycles. The van der Waals surface area contributed by atoms with Gasteiger partial charge in [-0.1, -0.05) is 30.3 Å². The fourth-order valence-electron chi connectivity index (χ4n) is 3.14. The quantitative estimate of drug-likeness (QED) is 0.781. The van der Waals surface area contributed by atoms with Crippen LogP contribution >= 0.6 is 0 Å². The fourth-order valence-corrected chi connectivity index (χ4v) is 3.14. The number of carbonyl (C=O) groups is 1. The van der Waals surface area contributed by atoms with Gasteiger partial charge in [-0.05, 0) is 37.1 Å². The number of methoxy groups -OCH3 is 1. The second-order valence-electron chi connectivity index (χ2n) is 5.85. The van der Waals surface area contributed by atoms with E-state index in [4.69, 9.17) is 4.74 Å². The number of para-hydroxylation sites is 2. The molecule has 1 amide bonds. The molecule has 0 aliphatic rings. The summed E-state index contributed by atoms with van der Waals surface area (Å²) in [6.07, 6.45) is 0.800. The van der Waals surface area contributed by atoms with Crippen LogP contribution in [0.15, 0.2) is 48.5 Å². The third-order valence-corrected chi connectivity index (χ3v) is 4.54. The Kier molecular flexibility index (Phi) is 4.56. The molecule has 3 rings (SSSR count). The van der Waals surface area contributed by atoms with Crippen molar-refractivity contribution in [1.82, 2.24) is 9.88 Å². The summed E-state index contributed by atoms with van der Waals surface area (Å²) >= 11 is 0. The van der Waals surface area contributed by atoms with Crippen molar-refractivity contribution in [3.63, 3.8) is 0 Å². The van der Waals surface area contributed by atoms with Crippen molar-refractivity contribution in [3.8, 4) is 5.75 Å². The lowest BCUT2D eigenvalue weighted by Crippen LogP contribution is -2.26. The van der Waals surface area contributed by atoms with Gasteiger partial charge in [-0.15, -0.1) is 0 Å². The van der Waals surface area contributed by atoms with Gasteiger partial charge in [0.15, 0.2) is 0 Å². The third kappa shape index (κ3) is 2.87. The Labute approximate surface area is 142 Å². The molecule has 0 atom stereocenters. The van der Waals surface area contributed by atoms with E-state index in [0.29, 0.717) is 17.9 Å². The van der Waals surface area contributed by atoms with Crippen molar-refractivity contribution in [3.05, 3.63) is 65.4 Å². The lowest BCUT2D eigenvalue weighted by atomic mass is 10.1. The number of ether oxygens (including phenoxy) is 1. The van der Waals surface area contributed by atoms with E-state index in [-0.39, 0.29) is 5.91 Å². The van der Waals surface area contributed by atoms with Gasteiger partial charge in [0, 0.05) is 30.2 Å². The number of rotatable bonds is 5. The summed E-state index contributed by atoms with van der Waals surface area (Å²) < 4.78 is 7.45. The predicted molar refractivity (Wildman–Crippen MR) is 96.7 cm³/mol. The maximum Gasteiger partial charge on any atom is 0.255 e. The van der Waals surface area contributed by atoms with E-state index in [1.54, 1.807) is 19.2 Å². The third-order valence-electron chi connectivity index (χ3n) is 4.54. The summed E-state index contributed by atoms with van der Waals surface area (Å²) in [5, 5.41) is 4.25. The summed E-state index contributed by atoms with van der Waals surface area (Å²) in [5.74, 6) is 0.488. The van der Waals surface area contributed by atoms with Crippen molar-refractivity contribution in [2.75, 3.05) is 13.7 Å². The Hall–Kier alpha value is -2.75. The van der Waals surface area contributed by atoms with Crippen molar-refractivity contribution >= 4 is 16.8 Å². The highest BCUT2D eigenvalue weighted by Gasteiger charge is 2.13. The van der Waals surface area contributed by atoms with Gasteiger partial charge in [-0.25, -0.2) is 0 Å². The van der Waals surface area contributed by atoms with Crippen molar-refractivity contribution < 1.29 is 9.53 Å². The Balaban J connectivity index is 1.73. The number of nitrogens with zero attached hydrogens (tertiary/aromatic N) is 1. The molecule has 0 bridgehead atoms. The number of fused-ring (bicyclic) bond motifs is 1. The minimum absolute atomic E-state index is 0.106. The topological polar surface area (TPSA) is 43.3 Å². The van der Waals surface area contributed by atoms with Crippen LogP contribution in [0.4, 0.5) is 0 Å². The molecular formula is C20H22N2O2. The smallest absolute Gasteiger partial charge is 0.255 e. The average molecular weight is 322 g/mol. The van der Waals surface area contributed by atoms with Gasteiger partial charge >= 0.3 is 0 Å². The van der Waals surface area contributed by atoms with E-state index in [1.807, 2.05) is 12.1 Å². The van der Waals surface area contributed by atoms with E-state index in [2.05, 4.69) is 48.1 Å². The monoisotopic (exact) mass is 322 g/mol. The van der Waals surface area contributed by atoms with Crippen LogP contribution in [0.3, 0.4) is 0 Å². The predicted octanol–water partition coefficient (Wildman–Crippen LogP) is 3.47. The highest BCUT2D eigenvalue weighted by Crippen LogP contribution is 2.25. The molecule has 3 aromatic rings. The number of carbonyl (C=O) groups excluding carboxylic acids is 1. The first kappa shape index (κ1) is 16.1. The molecular weight excluding hydrogens is 300 g/mol. The Morgan fingerprint density at radius 3 is 2.62 bits per heavy atom. The molecule has 0 aliphatic heterocycles. The Bertz CT molecular complexity index is 880. The molecule has 0 unspecified atom stereocenters. The van der Waals surface area contributed by atoms with Gasteiger partial charge in [0.2, 0.25) is 0 Å². The van der Waals surface area contributed by atoms with Gasteiger partial charge in [0.05, 0.1) is 12.7 Å². The number of aryl methyl sites for hydroxylation is 1. The van der Waals surface area contributed by atoms with Crippen LogP contribution in [0, 0.1) is 6.92 Å². The van der Waals surface area contributed by atoms with E-state index >= 15 is 0 Å². The van der Waals surface area contributed by atoms with E-state index < -0.39 is 0 Å². The first-order valence-electron chi connectivity index (χ1n) is 8.07. The summed E-state index contributed by atoms with van der Waals surface area (Å²) in [6.45, 7) is 2.71. The molecule has 0 radical (unpaired) electrons. The molecule has 1 heterocycles. The normalized spacial score (nSPS) is 10.8. The number of benzene rings is 2. The Morgan fingerprint density at radius 2 is 1.83 bits per heavy atom. The van der Waals surface area contributed by atoms with Crippen LogP contribution in [0.5, 0.6) is 5.75 Å². The summed E-state index contributed by atoms with van der Waals surface area (Å²) in [7, 11) is 3.65. The first-order valence-corrected chi connectivity index (χ1v) is 8.07. The number of hydrogen-bond donors (Lipinski definition) is 1. The Morgan fingerprint density at radius 1 is 1.12 bits per heavy atom. The van der Waals surface area contributed by atoms with Crippen LogP contribution in [0.1, 0.15) is 21.6 Å². The summed E-state index contributed by atoms with van der Waals surface area (Å²) in [5.41, 5.74) is 4.31. The van der Waals surface area contributed by atoms with E-state index in [1.165, 1.54) is 22.2 Å². The number of hydrogen-bond acceptors (Lipinski definition) is 2. The number of amides is 1. The van der Waals surface area contributed by atoms with E-state index in [9.17, 15) is 4.79 Å². The molecule has 0 saturated heterocycles.